The van der Waals surface area contributed by atoms with Crippen molar-refractivity contribution in [2.24, 2.45) is 0 Å². The summed E-state index contributed by atoms with van der Waals surface area (Å²) in [5.74, 6) is 0. The van der Waals surface area contributed by atoms with E-state index in [1.807, 2.05) is 78.9 Å². The Labute approximate surface area is 347 Å². The molecule has 0 saturated carbocycles. The normalized spacial score (nSPS) is 15.1. The van der Waals surface area contributed by atoms with Crippen molar-refractivity contribution in [2.45, 2.75) is 0 Å². The molecular weight excluding hydrogens is 691 g/mol. The van der Waals surface area contributed by atoms with Crippen molar-refractivity contribution < 1.29 is 17.8 Å². The van der Waals surface area contributed by atoms with E-state index in [-0.39, 0.29) is 5.69 Å². The van der Waals surface area contributed by atoms with Gasteiger partial charge in [-0.3, -0.25) is 0 Å². The van der Waals surface area contributed by atoms with Crippen molar-refractivity contribution in [3.8, 4) is 39.3 Å². The predicted molar refractivity (Wildman–Crippen MR) is 240 cm³/mol. The van der Waals surface area contributed by atoms with Gasteiger partial charge < -0.3 is 13.7 Å². The molecule has 0 N–H and O–H groups in total. The smallest absolute Gasteiger partial charge is 0.0651 e. The van der Waals surface area contributed by atoms with Crippen LogP contribution in [-0.4, -0.2) is 13.7 Å². The molecule has 12 aromatic rings. The molecule has 0 saturated heterocycles. The Morgan fingerprint density at radius 2 is 0.649 bits per heavy atom. The Balaban J connectivity index is 1.12. The summed E-state index contributed by atoms with van der Waals surface area (Å²) in [6.45, 7) is 0. The Bertz CT molecular complexity index is 4190. The lowest BCUT2D eigenvalue weighted by molar-refractivity contribution is 1.14. The molecule has 57 heavy (non-hydrogen) atoms. The van der Waals surface area contributed by atoms with Crippen molar-refractivity contribution in [2.75, 3.05) is 0 Å². The Morgan fingerprint density at radius 3 is 1.14 bits per heavy atom. The average Bonchev–Trinajstić information content (AvgIpc) is 4.01. The number of aromatic nitrogens is 3. The van der Waals surface area contributed by atoms with Crippen LogP contribution in [0.1, 0.15) is 17.8 Å². The van der Waals surface area contributed by atoms with Crippen LogP contribution >= 0.6 is 0 Å². The van der Waals surface area contributed by atoms with Gasteiger partial charge in [0, 0.05) is 49.4 Å². The van der Waals surface area contributed by atoms with Crippen molar-refractivity contribution in [1.82, 2.24) is 13.7 Å². The van der Waals surface area contributed by atoms with Crippen LogP contribution in [0.3, 0.4) is 0 Å². The lowest BCUT2D eigenvalue weighted by atomic mass is 10.00. The minimum atomic E-state index is -0.759. The second-order valence-electron chi connectivity index (χ2n) is 14.0. The lowest BCUT2D eigenvalue weighted by Gasteiger charge is -2.13. The standard InChI is InChI=1S/C54H35N3/c1-2-13-36(14-3-1)37-25-27-38(28-26-37)39-15-12-16-40(33-39)56-51-23-10-6-19-45(51)47-32-30-42(35-53(47)56)57-52-24-11-7-20-46(52)48-31-29-41(34-54(48)57)55-49-21-8-4-17-43(49)44-18-5-9-22-50(44)55/h1-35H/i1D,2D,3D,12D,13D,14D,15D,16D,25D,26D,27D,28D,33D. The topological polar surface area (TPSA) is 14.8 Å². The maximum absolute atomic E-state index is 9.83. The summed E-state index contributed by atoms with van der Waals surface area (Å²) in [6, 6.07) is 35.9. The van der Waals surface area contributed by atoms with Crippen molar-refractivity contribution in [3.63, 3.8) is 0 Å². The van der Waals surface area contributed by atoms with E-state index in [0.717, 1.165) is 65.8 Å². The molecule has 0 unspecified atom stereocenters. The minimum absolute atomic E-state index is 0.123. The first kappa shape index (κ1) is 21.5. The molecule has 12 rings (SSSR count). The second kappa shape index (κ2) is 12.5. The molecule has 0 aliphatic carbocycles. The van der Waals surface area contributed by atoms with Gasteiger partial charge >= 0.3 is 0 Å². The summed E-state index contributed by atoms with van der Waals surface area (Å²) in [5, 5.41) is 5.87. The van der Waals surface area contributed by atoms with Crippen LogP contribution in [0.2, 0.25) is 0 Å². The van der Waals surface area contributed by atoms with Gasteiger partial charge in [0.05, 0.1) is 50.9 Å². The van der Waals surface area contributed by atoms with Gasteiger partial charge in [0.2, 0.25) is 0 Å². The molecule has 0 spiro atoms. The summed E-state index contributed by atoms with van der Waals surface area (Å²) in [4.78, 5) is 0. The van der Waals surface area contributed by atoms with Crippen LogP contribution in [0.4, 0.5) is 0 Å². The molecule has 3 nitrogen and oxygen atoms in total. The summed E-state index contributed by atoms with van der Waals surface area (Å²) in [6.07, 6.45) is 0. The first-order valence-electron chi connectivity index (χ1n) is 25.0. The van der Waals surface area contributed by atoms with E-state index in [2.05, 4.69) is 63.7 Å². The molecule has 0 bridgehead atoms. The number of para-hydroxylation sites is 4. The number of fused-ring (bicyclic) bond motifs is 9. The van der Waals surface area contributed by atoms with E-state index < -0.39 is 101 Å². The van der Waals surface area contributed by atoms with Crippen LogP contribution in [0, 0.1) is 0 Å². The molecule has 3 heteroatoms. The van der Waals surface area contributed by atoms with E-state index in [1.165, 1.54) is 0 Å². The highest BCUT2D eigenvalue weighted by Crippen LogP contribution is 2.39. The number of hydrogen-bond donors (Lipinski definition) is 0. The number of nitrogens with zero attached hydrogens (tertiary/aromatic N) is 3. The van der Waals surface area contributed by atoms with Crippen molar-refractivity contribution in [3.05, 3.63) is 212 Å². The highest BCUT2D eigenvalue weighted by molar-refractivity contribution is 6.13. The minimum Gasteiger partial charge on any atom is -0.309 e. The van der Waals surface area contributed by atoms with Gasteiger partial charge in [-0.25, -0.2) is 0 Å². The van der Waals surface area contributed by atoms with Gasteiger partial charge in [0.1, 0.15) is 0 Å². The largest absolute Gasteiger partial charge is 0.309 e. The molecule has 0 aliphatic rings. The summed E-state index contributed by atoms with van der Waals surface area (Å²) in [5.41, 5.74) is 4.73. The number of hydrogen-bond acceptors (Lipinski definition) is 0. The van der Waals surface area contributed by atoms with Gasteiger partial charge in [-0.1, -0.05) is 151 Å². The Hall–Kier alpha value is -7.62. The van der Waals surface area contributed by atoms with E-state index >= 15 is 0 Å². The summed E-state index contributed by atoms with van der Waals surface area (Å²) in [7, 11) is 0. The second-order valence-corrected chi connectivity index (χ2v) is 14.0. The van der Waals surface area contributed by atoms with Crippen LogP contribution in [-0.2, 0) is 0 Å². The van der Waals surface area contributed by atoms with Gasteiger partial charge in [0.15, 0.2) is 0 Å². The first-order chi connectivity index (χ1) is 33.7. The van der Waals surface area contributed by atoms with Crippen LogP contribution in [0.15, 0.2) is 212 Å². The van der Waals surface area contributed by atoms with Crippen LogP contribution in [0.5, 0.6) is 0 Å². The van der Waals surface area contributed by atoms with Gasteiger partial charge in [0.25, 0.3) is 0 Å². The quantitative estimate of drug-likeness (QED) is 0.167. The SMILES string of the molecule is [2H]c1c([2H])c([2H])c(-c2c([2H])c([2H])c(-c3c([2H])c([2H])c([2H])c(-n4c5ccccc5c5ccc(-n6c7ccccc7c7ccc(-n8c9ccccc9c9ccccc98)cc76)cc54)c3[2H])c([2H])c2[2H])c([2H])c1[2H]. The monoisotopic (exact) mass is 738 g/mol. The highest BCUT2D eigenvalue weighted by atomic mass is 15.0. The van der Waals surface area contributed by atoms with Crippen molar-refractivity contribution in [1.29, 1.82) is 0 Å². The zero-order valence-corrected chi connectivity index (χ0v) is 30.0. The van der Waals surface area contributed by atoms with Gasteiger partial charge in [-0.15, -0.1) is 0 Å². The molecule has 0 atom stereocenters. The number of rotatable bonds is 5. The third kappa shape index (κ3) is 4.86. The van der Waals surface area contributed by atoms with Crippen molar-refractivity contribution >= 4 is 65.4 Å². The van der Waals surface area contributed by atoms with E-state index in [9.17, 15) is 5.48 Å². The fraction of sp³-hybridized carbons (Fsp3) is 0. The fourth-order valence-corrected chi connectivity index (χ4v) is 8.42. The highest BCUT2D eigenvalue weighted by Gasteiger charge is 2.19. The summed E-state index contributed by atoms with van der Waals surface area (Å²) < 4.78 is 122. The molecule has 9 aromatic carbocycles. The Morgan fingerprint density at radius 1 is 0.281 bits per heavy atom. The third-order valence-corrected chi connectivity index (χ3v) is 10.9. The van der Waals surface area contributed by atoms with E-state index in [1.54, 1.807) is 4.57 Å². The molecule has 0 radical (unpaired) electrons. The van der Waals surface area contributed by atoms with Crippen LogP contribution in [0.25, 0.3) is 105 Å². The molecule has 266 valence electrons. The average molecular weight is 739 g/mol. The summed E-state index contributed by atoms with van der Waals surface area (Å²) >= 11 is 0. The zero-order chi connectivity index (χ0) is 48.8. The first-order valence-corrected chi connectivity index (χ1v) is 18.5. The van der Waals surface area contributed by atoms with Gasteiger partial charge in [-0.05, 0) is 82.9 Å². The fourth-order valence-electron chi connectivity index (χ4n) is 8.42. The predicted octanol–water partition coefficient (Wildman–Crippen LogP) is 14.3. The molecule has 3 heterocycles. The number of benzene rings is 9. The molecular formula is C54H35N3. The maximum atomic E-state index is 9.83. The Kier molecular flexibility index (Phi) is 4.69. The molecule has 0 amide bonds. The zero-order valence-electron chi connectivity index (χ0n) is 43.0. The maximum Gasteiger partial charge on any atom is 0.0651 e. The van der Waals surface area contributed by atoms with E-state index in [4.69, 9.17) is 12.3 Å². The molecule has 3 aromatic heterocycles. The third-order valence-electron chi connectivity index (χ3n) is 10.9. The van der Waals surface area contributed by atoms with Crippen LogP contribution < -0.4 is 0 Å². The molecule has 0 fully saturated rings. The van der Waals surface area contributed by atoms with Gasteiger partial charge in [-0.2, -0.15) is 0 Å². The molecule has 0 aliphatic heterocycles. The van der Waals surface area contributed by atoms with E-state index in [0.29, 0.717) is 11.0 Å². The lowest BCUT2D eigenvalue weighted by Crippen LogP contribution is -1.98.